The van der Waals surface area contributed by atoms with Crippen LogP contribution in [0.15, 0.2) is 58.4 Å². The van der Waals surface area contributed by atoms with Gasteiger partial charge in [0.25, 0.3) is 0 Å². The van der Waals surface area contributed by atoms with E-state index in [1.807, 2.05) is 6.07 Å². The second-order valence-electron chi connectivity index (χ2n) is 9.35. The van der Waals surface area contributed by atoms with Gasteiger partial charge in [-0.2, -0.15) is 18.4 Å². The number of unbranched alkanes of at least 4 members (excludes halogenated alkanes) is 8. The Morgan fingerprint density at radius 2 is 1.54 bits per heavy atom. The quantitative estimate of drug-likeness (QED) is 0.251. The van der Waals surface area contributed by atoms with Crippen molar-refractivity contribution in [2.45, 2.75) is 83.2 Å². The molecule has 0 amide bonds. The smallest absolute Gasteiger partial charge is 0.416 e. The highest BCUT2D eigenvalue weighted by Gasteiger charge is 2.45. The van der Waals surface area contributed by atoms with Crippen LogP contribution in [0.5, 0.6) is 0 Å². The first-order valence-electron chi connectivity index (χ1n) is 12.6. The molecule has 0 bridgehead atoms. The maximum absolute atomic E-state index is 13.2. The Morgan fingerprint density at radius 3 is 2.08 bits per heavy atom. The van der Waals surface area contributed by atoms with E-state index in [1.54, 1.807) is 0 Å². The topological polar surface area (TPSA) is 113 Å². The minimum atomic E-state index is -4.58. The molecule has 1 heterocycles. The molecule has 37 heavy (non-hydrogen) atoms. The van der Waals surface area contributed by atoms with Crippen molar-refractivity contribution in [3.8, 4) is 6.07 Å². The van der Waals surface area contributed by atoms with Crippen LogP contribution in [0.25, 0.3) is 0 Å². The van der Waals surface area contributed by atoms with Gasteiger partial charge in [0.05, 0.1) is 17.1 Å². The number of carbonyl (C=O) groups is 2. The largest absolute Gasteiger partial charge is 0.504 e. The van der Waals surface area contributed by atoms with Crippen molar-refractivity contribution < 1.29 is 32.6 Å². The summed E-state index contributed by atoms with van der Waals surface area (Å²) in [6.07, 6.45) is 5.06. The van der Waals surface area contributed by atoms with Gasteiger partial charge in [-0.15, -0.1) is 0 Å². The number of rotatable bonds is 11. The first-order chi connectivity index (χ1) is 17.6. The number of nitrogens with two attached hydrogens (primary N) is 1. The van der Waals surface area contributed by atoms with Crippen molar-refractivity contribution in [1.29, 1.82) is 5.26 Å². The van der Waals surface area contributed by atoms with Crippen LogP contribution in [0.2, 0.25) is 0 Å². The number of nitriles is 1. The Hall–Kier alpha value is -3.54. The van der Waals surface area contributed by atoms with Gasteiger partial charge in [0.15, 0.2) is 11.5 Å². The molecule has 9 heteroatoms. The first-order valence-corrected chi connectivity index (χ1v) is 12.6. The molecule has 2 aliphatic rings. The number of hydrogen-bond acceptors (Lipinski definition) is 6. The van der Waals surface area contributed by atoms with E-state index in [2.05, 4.69) is 6.92 Å². The molecule has 6 nitrogen and oxygen atoms in total. The molecule has 0 aromatic heterocycles. The van der Waals surface area contributed by atoms with E-state index in [9.17, 15) is 33.1 Å². The van der Waals surface area contributed by atoms with Crippen LogP contribution in [-0.4, -0.2) is 16.7 Å². The molecule has 1 aliphatic carbocycles. The standard InChI is InChI=1S/C28H31F3N2O4/c1-2-3-4-5-6-7-8-9-10-11-19-23(34)25(36)22-21(17-12-14-18(15-13-17)28(29,30)31)20(16-32)27(33)37-26(22)24(19)35/h12-15,21,34H,2-11,33H2,1H3. The van der Waals surface area contributed by atoms with Gasteiger partial charge in [-0.3, -0.25) is 9.59 Å². The number of alkyl halides is 3. The summed E-state index contributed by atoms with van der Waals surface area (Å²) >= 11 is 0. The van der Waals surface area contributed by atoms with Gasteiger partial charge in [0, 0.05) is 5.57 Å². The van der Waals surface area contributed by atoms with Crippen LogP contribution in [-0.2, 0) is 20.5 Å². The molecule has 3 rings (SSSR count). The summed E-state index contributed by atoms with van der Waals surface area (Å²) in [7, 11) is 0. The minimum absolute atomic E-state index is 0.0777. The Bertz CT molecular complexity index is 1170. The number of halogens is 3. The summed E-state index contributed by atoms with van der Waals surface area (Å²) in [6, 6.07) is 5.69. The number of benzene rings is 1. The lowest BCUT2D eigenvalue weighted by Crippen LogP contribution is -2.33. The highest BCUT2D eigenvalue weighted by Crippen LogP contribution is 2.44. The fraction of sp³-hybridized carbons (Fsp3) is 0.464. The molecule has 1 atom stereocenters. The van der Waals surface area contributed by atoms with Crippen LogP contribution in [0, 0.1) is 11.3 Å². The summed E-state index contributed by atoms with van der Waals surface area (Å²) in [4.78, 5) is 26.4. The van der Waals surface area contributed by atoms with Crippen LogP contribution in [0.1, 0.15) is 88.2 Å². The van der Waals surface area contributed by atoms with Crippen LogP contribution < -0.4 is 5.73 Å². The van der Waals surface area contributed by atoms with Crippen molar-refractivity contribution in [2.75, 3.05) is 0 Å². The summed E-state index contributed by atoms with van der Waals surface area (Å²) in [5.74, 6) is -4.37. The van der Waals surface area contributed by atoms with E-state index in [0.717, 1.165) is 49.9 Å². The number of hydrogen-bond donors (Lipinski definition) is 2. The van der Waals surface area contributed by atoms with Crippen LogP contribution in [0.4, 0.5) is 13.2 Å². The maximum atomic E-state index is 13.2. The predicted octanol–water partition coefficient (Wildman–Crippen LogP) is 6.65. The number of aliphatic hydroxyl groups is 1. The number of allylic oxidation sites excluding steroid dienone is 3. The van der Waals surface area contributed by atoms with Gasteiger partial charge in [-0.05, 0) is 30.5 Å². The molecule has 0 fully saturated rings. The second-order valence-corrected chi connectivity index (χ2v) is 9.35. The Kier molecular flexibility index (Phi) is 9.19. The van der Waals surface area contributed by atoms with Gasteiger partial charge in [0.1, 0.15) is 11.6 Å². The molecule has 1 aromatic carbocycles. The first kappa shape index (κ1) is 28.0. The Labute approximate surface area is 214 Å². The van der Waals surface area contributed by atoms with E-state index >= 15 is 0 Å². The summed E-state index contributed by atoms with van der Waals surface area (Å²) < 4.78 is 44.5. The fourth-order valence-corrected chi connectivity index (χ4v) is 4.71. The number of ketones is 2. The molecule has 0 radical (unpaired) electrons. The van der Waals surface area contributed by atoms with E-state index in [1.165, 1.54) is 25.7 Å². The lowest BCUT2D eigenvalue weighted by atomic mass is 9.76. The molecule has 0 saturated heterocycles. The highest BCUT2D eigenvalue weighted by molar-refractivity contribution is 6.24. The normalized spacial score (nSPS) is 18.2. The summed E-state index contributed by atoms with van der Waals surface area (Å²) in [6.45, 7) is 2.17. The van der Waals surface area contributed by atoms with Crippen LogP contribution >= 0.6 is 0 Å². The van der Waals surface area contributed by atoms with E-state index in [-0.39, 0.29) is 28.7 Å². The average molecular weight is 517 g/mol. The zero-order valence-electron chi connectivity index (χ0n) is 20.8. The number of nitrogens with zero attached hydrogens (tertiary/aromatic N) is 1. The molecule has 0 spiro atoms. The van der Waals surface area contributed by atoms with Crippen molar-refractivity contribution in [1.82, 2.24) is 0 Å². The monoisotopic (exact) mass is 516 g/mol. The third-order valence-electron chi connectivity index (χ3n) is 6.75. The minimum Gasteiger partial charge on any atom is -0.504 e. The van der Waals surface area contributed by atoms with Crippen LogP contribution in [0.3, 0.4) is 0 Å². The van der Waals surface area contributed by atoms with Crippen molar-refractivity contribution in [2.24, 2.45) is 5.73 Å². The predicted molar refractivity (Wildman–Crippen MR) is 131 cm³/mol. The van der Waals surface area contributed by atoms with Crippen molar-refractivity contribution >= 4 is 11.6 Å². The van der Waals surface area contributed by atoms with Gasteiger partial charge < -0.3 is 15.6 Å². The number of carbonyl (C=O) groups excluding carboxylic acids is 2. The molecule has 3 N–H and O–H groups in total. The molecule has 198 valence electrons. The fourth-order valence-electron chi connectivity index (χ4n) is 4.71. The van der Waals surface area contributed by atoms with Gasteiger partial charge >= 0.3 is 6.18 Å². The number of ether oxygens (including phenoxy) is 1. The molecule has 1 aliphatic heterocycles. The molecule has 1 aromatic rings. The summed E-state index contributed by atoms with van der Waals surface area (Å²) in [5.41, 5.74) is 4.51. The third-order valence-corrected chi connectivity index (χ3v) is 6.75. The zero-order valence-corrected chi connectivity index (χ0v) is 20.8. The Balaban J connectivity index is 1.78. The molecule has 0 saturated carbocycles. The maximum Gasteiger partial charge on any atom is 0.416 e. The number of aliphatic hydroxyl groups excluding tert-OH is 1. The third kappa shape index (κ3) is 6.24. The van der Waals surface area contributed by atoms with E-state index in [0.29, 0.717) is 6.42 Å². The highest BCUT2D eigenvalue weighted by atomic mass is 19.4. The Morgan fingerprint density at radius 1 is 0.973 bits per heavy atom. The average Bonchev–Trinajstić information content (AvgIpc) is 2.87. The van der Waals surface area contributed by atoms with Crippen molar-refractivity contribution in [3.05, 3.63) is 69.5 Å². The van der Waals surface area contributed by atoms with Gasteiger partial charge in [-0.1, -0.05) is 70.4 Å². The number of Topliss-reactive ketones (excluding diaryl/α,β-unsaturated/α-hetero) is 2. The van der Waals surface area contributed by atoms with E-state index < -0.39 is 46.6 Å². The second kappa shape index (κ2) is 12.1. The lowest BCUT2D eigenvalue weighted by molar-refractivity contribution is -0.137. The van der Waals surface area contributed by atoms with Crippen molar-refractivity contribution in [3.63, 3.8) is 0 Å². The van der Waals surface area contributed by atoms with Gasteiger partial charge in [0.2, 0.25) is 17.4 Å². The van der Waals surface area contributed by atoms with Gasteiger partial charge in [-0.25, -0.2) is 0 Å². The molecule has 1 unspecified atom stereocenters. The van der Waals surface area contributed by atoms with E-state index in [4.69, 9.17) is 10.5 Å². The lowest BCUT2D eigenvalue weighted by Gasteiger charge is -2.30. The molecular formula is C28H31F3N2O4. The zero-order chi connectivity index (χ0) is 27.2. The summed E-state index contributed by atoms with van der Waals surface area (Å²) in [5, 5.41) is 20.3. The SMILES string of the molecule is CCCCCCCCCCCC1=C(O)C(=O)C2=C(OC(N)=C(C#N)C2c2ccc(C(F)(F)F)cc2)C1=O. The molecular weight excluding hydrogens is 485 g/mol.